The van der Waals surface area contributed by atoms with Gasteiger partial charge in [0.15, 0.2) is 11.6 Å². The van der Waals surface area contributed by atoms with Crippen LogP contribution in [0.4, 0.5) is 20.3 Å². The number of fused-ring (bicyclic) bond motifs is 1. The highest BCUT2D eigenvalue weighted by Gasteiger charge is 2.28. The third kappa shape index (κ3) is 2.21. The summed E-state index contributed by atoms with van der Waals surface area (Å²) in [6, 6.07) is 5.53. The molecule has 1 aliphatic heterocycles. The summed E-state index contributed by atoms with van der Waals surface area (Å²) >= 11 is 0. The average molecular weight is 290 g/mol. The summed E-state index contributed by atoms with van der Waals surface area (Å²) in [7, 11) is 0. The molecule has 3 N–H and O–H groups in total. The maximum atomic E-state index is 14.1. The molecule has 108 valence electrons. The molecule has 0 aliphatic carbocycles. The van der Waals surface area contributed by atoms with Gasteiger partial charge >= 0.3 is 0 Å². The zero-order valence-electron chi connectivity index (χ0n) is 10.9. The van der Waals surface area contributed by atoms with E-state index in [0.29, 0.717) is 18.7 Å². The number of anilines is 2. The topological polar surface area (TPSA) is 71.2 Å². The largest absolute Gasteiger partial charge is 0.308 e. The van der Waals surface area contributed by atoms with E-state index < -0.39 is 17.5 Å². The fourth-order valence-electron chi connectivity index (χ4n) is 2.42. The van der Waals surface area contributed by atoms with E-state index in [2.05, 4.69) is 10.4 Å². The zero-order chi connectivity index (χ0) is 15.0. The zero-order valence-corrected chi connectivity index (χ0v) is 10.9. The second-order valence-electron chi connectivity index (χ2n) is 4.65. The number of hydrazine groups is 1. The predicted molar refractivity (Wildman–Crippen MR) is 73.8 cm³/mol. The molecule has 0 bridgehead atoms. The number of amides is 1. The van der Waals surface area contributed by atoms with Crippen LogP contribution in [0.5, 0.6) is 0 Å². The molecule has 0 spiro atoms. The highest BCUT2D eigenvalue weighted by molar-refractivity contribution is 6.07. The summed E-state index contributed by atoms with van der Waals surface area (Å²) in [5, 5.41) is 0. The number of hydrogen-bond donors (Lipinski definition) is 2. The van der Waals surface area contributed by atoms with E-state index in [4.69, 9.17) is 5.84 Å². The highest BCUT2D eigenvalue weighted by Crippen LogP contribution is 2.30. The Bertz CT molecular complexity index is 720. The van der Waals surface area contributed by atoms with Crippen molar-refractivity contribution in [1.29, 1.82) is 0 Å². The Kier molecular flexibility index (Phi) is 3.26. The van der Waals surface area contributed by atoms with Crippen molar-refractivity contribution in [2.75, 3.05) is 16.9 Å². The molecule has 2 heterocycles. The SMILES string of the molecule is NNc1nccc(C(=O)N2CCc3ccc(F)cc32)c1F. The van der Waals surface area contributed by atoms with Gasteiger partial charge in [-0.15, -0.1) is 0 Å². The summed E-state index contributed by atoms with van der Waals surface area (Å²) in [5.74, 6) is 3.13. The molecule has 21 heavy (non-hydrogen) atoms. The number of halogens is 2. The van der Waals surface area contributed by atoms with Crippen molar-refractivity contribution in [3.63, 3.8) is 0 Å². The Hall–Kier alpha value is -2.54. The molecule has 0 radical (unpaired) electrons. The van der Waals surface area contributed by atoms with Crippen LogP contribution in [-0.2, 0) is 6.42 Å². The lowest BCUT2D eigenvalue weighted by Crippen LogP contribution is -2.30. The van der Waals surface area contributed by atoms with Crippen molar-refractivity contribution >= 4 is 17.4 Å². The van der Waals surface area contributed by atoms with Crippen molar-refractivity contribution < 1.29 is 13.6 Å². The first kappa shape index (κ1) is 13.4. The first-order chi connectivity index (χ1) is 10.1. The van der Waals surface area contributed by atoms with Gasteiger partial charge in [0.1, 0.15) is 5.82 Å². The number of pyridine rings is 1. The Morgan fingerprint density at radius 2 is 2.14 bits per heavy atom. The van der Waals surface area contributed by atoms with Crippen LogP contribution in [0.1, 0.15) is 15.9 Å². The number of nitrogens with zero attached hydrogens (tertiary/aromatic N) is 2. The van der Waals surface area contributed by atoms with Crippen LogP contribution in [0.2, 0.25) is 0 Å². The molecule has 2 aromatic rings. The molecule has 0 unspecified atom stereocenters. The Labute approximate surface area is 119 Å². The fourth-order valence-corrected chi connectivity index (χ4v) is 2.42. The molecular formula is C14H12F2N4O. The summed E-state index contributed by atoms with van der Waals surface area (Å²) in [5.41, 5.74) is 3.26. The van der Waals surface area contributed by atoms with Crippen LogP contribution in [0.25, 0.3) is 0 Å². The van der Waals surface area contributed by atoms with E-state index in [1.54, 1.807) is 6.07 Å². The number of benzene rings is 1. The van der Waals surface area contributed by atoms with Gasteiger partial charge in [-0.25, -0.2) is 19.6 Å². The van der Waals surface area contributed by atoms with E-state index in [9.17, 15) is 13.6 Å². The Morgan fingerprint density at radius 1 is 1.33 bits per heavy atom. The van der Waals surface area contributed by atoms with Gasteiger partial charge in [-0.1, -0.05) is 6.07 Å². The van der Waals surface area contributed by atoms with Crippen LogP contribution in [0.3, 0.4) is 0 Å². The molecule has 5 nitrogen and oxygen atoms in total. The van der Waals surface area contributed by atoms with Gasteiger partial charge in [0.2, 0.25) is 0 Å². The minimum atomic E-state index is -0.824. The van der Waals surface area contributed by atoms with E-state index in [-0.39, 0.29) is 11.4 Å². The fraction of sp³-hybridized carbons (Fsp3) is 0.143. The first-order valence-electron chi connectivity index (χ1n) is 6.33. The molecule has 3 rings (SSSR count). The molecule has 0 atom stereocenters. The van der Waals surface area contributed by atoms with Crippen molar-refractivity contribution in [3.05, 3.63) is 53.2 Å². The van der Waals surface area contributed by atoms with Gasteiger partial charge in [0.05, 0.1) is 11.3 Å². The summed E-state index contributed by atoms with van der Waals surface area (Å²) in [6.07, 6.45) is 1.89. The van der Waals surface area contributed by atoms with Crippen LogP contribution >= 0.6 is 0 Å². The number of carbonyl (C=O) groups is 1. The van der Waals surface area contributed by atoms with Gasteiger partial charge in [0, 0.05) is 12.7 Å². The van der Waals surface area contributed by atoms with Crippen molar-refractivity contribution in [1.82, 2.24) is 4.98 Å². The van der Waals surface area contributed by atoms with Gasteiger partial charge < -0.3 is 10.3 Å². The van der Waals surface area contributed by atoms with Crippen LogP contribution in [0.15, 0.2) is 30.5 Å². The van der Waals surface area contributed by atoms with E-state index in [0.717, 1.165) is 5.56 Å². The first-order valence-corrected chi connectivity index (χ1v) is 6.33. The summed E-state index contributed by atoms with van der Waals surface area (Å²) < 4.78 is 27.5. The highest BCUT2D eigenvalue weighted by atomic mass is 19.1. The van der Waals surface area contributed by atoms with Crippen molar-refractivity contribution in [2.45, 2.75) is 6.42 Å². The molecule has 1 aliphatic rings. The average Bonchev–Trinajstić information content (AvgIpc) is 2.89. The van der Waals surface area contributed by atoms with E-state index in [1.807, 2.05) is 0 Å². The maximum absolute atomic E-state index is 14.1. The molecule has 0 fully saturated rings. The van der Waals surface area contributed by atoms with Crippen LogP contribution < -0.4 is 16.2 Å². The number of nitrogens with one attached hydrogen (secondary N) is 1. The molecule has 0 saturated heterocycles. The number of nitrogen functional groups attached to an aromatic ring is 1. The predicted octanol–water partition coefficient (Wildman–Crippen LogP) is 1.85. The van der Waals surface area contributed by atoms with Gasteiger partial charge in [-0.2, -0.15) is 0 Å². The van der Waals surface area contributed by atoms with E-state index >= 15 is 0 Å². The second kappa shape index (κ2) is 5.10. The van der Waals surface area contributed by atoms with Gasteiger partial charge in [-0.05, 0) is 30.2 Å². The van der Waals surface area contributed by atoms with Crippen molar-refractivity contribution in [2.24, 2.45) is 5.84 Å². The molecule has 7 heteroatoms. The Morgan fingerprint density at radius 3 is 2.90 bits per heavy atom. The lowest BCUT2D eigenvalue weighted by atomic mass is 10.1. The standard InChI is InChI=1S/C14H12F2N4O/c15-9-2-1-8-4-6-20(11(8)7-9)14(21)10-3-5-18-13(19-17)12(10)16/h1-3,5,7H,4,6,17H2,(H,18,19). The number of carbonyl (C=O) groups excluding carboxylic acids is 1. The number of aromatic nitrogens is 1. The minimum absolute atomic E-state index is 0.157. The quantitative estimate of drug-likeness (QED) is 0.654. The minimum Gasteiger partial charge on any atom is -0.308 e. The Balaban J connectivity index is 2.00. The van der Waals surface area contributed by atoms with Gasteiger partial charge in [0.25, 0.3) is 5.91 Å². The summed E-state index contributed by atoms with van der Waals surface area (Å²) in [6.45, 7) is 0.380. The molecule has 1 aromatic heterocycles. The lowest BCUT2D eigenvalue weighted by Gasteiger charge is -2.18. The molecule has 1 amide bonds. The van der Waals surface area contributed by atoms with Crippen molar-refractivity contribution in [3.8, 4) is 0 Å². The smallest absolute Gasteiger partial charge is 0.261 e. The third-order valence-corrected chi connectivity index (χ3v) is 3.44. The number of hydrogen-bond acceptors (Lipinski definition) is 4. The van der Waals surface area contributed by atoms with E-state index in [1.165, 1.54) is 29.3 Å². The number of rotatable bonds is 2. The third-order valence-electron chi connectivity index (χ3n) is 3.44. The van der Waals surface area contributed by atoms with Gasteiger partial charge in [-0.3, -0.25) is 4.79 Å². The second-order valence-corrected chi connectivity index (χ2v) is 4.65. The summed E-state index contributed by atoms with van der Waals surface area (Å²) in [4.78, 5) is 17.5. The van der Waals surface area contributed by atoms with Crippen LogP contribution in [-0.4, -0.2) is 17.4 Å². The number of nitrogens with two attached hydrogens (primary N) is 1. The monoisotopic (exact) mass is 290 g/mol. The lowest BCUT2D eigenvalue weighted by molar-refractivity contribution is 0.0985. The molecular weight excluding hydrogens is 278 g/mol. The maximum Gasteiger partial charge on any atom is 0.261 e. The van der Waals surface area contributed by atoms with Crippen LogP contribution in [0, 0.1) is 11.6 Å². The normalized spacial score (nSPS) is 13.2. The molecule has 0 saturated carbocycles. The molecule has 1 aromatic carbocycles.